The van der Waals surface area contributed by atoms with Crippen molar-refractivity contribution in [1.29, 1.82) is 0 Å². The maximum absolute atomic E-state index is 13.1. The predicted octanol–water partition coefficient (Wildman–Crippen LogP) is 2.49. The Morgan fingerprint density at radius 2 is 2.13 bits per heavy atom. The third-order valence-corrected chi connectivity index (χ3v) is 1.82. The number of rotatable bonds is 2. The molecule has 78 valence electrons. The van der Waals surface area contributed by atoms with E-state index in [2.05, 4.69) is 4.99 Å². The van der Waals surface area contributed by atoms with Gasteiger partial charge in [-0.3, -0.25) is 10.1 Å². The minimum atomic E-state index is -1.47. The molecule has 1 aromatic rings. The average molecular weight is 235 g/mol. The van der Waals surface area contributed by atoms with Crippen molar-refractivity contribution in [3.63, 3.8) is 0 Å². The van der Waals surface area contributed by atoms with Crippen molar-refractivity contribution in [3.8, 4) is 0 Å². The number of hydrogen-bond donors (Lipinski definition) is 0. The van der Waals surface area contributed by atoms with Crippen LogP contribution in [0.5, 0.6) is 0 Å². The van der Waals surface area contributed by atoms with E-state index in [9.17, 15) is 23.7 Å². The predicted molar refractivity (Wildman–Crippen MR) is 45.8 cm³/mol. The summed E-state index contributed by atoms with van der Waals surface area (Å²) in [5.41, 5.74) is -1.93. The number of hydrogen-bond acceptors (Lipinski definition) is 4. The van der Waals surface area contributed by atoms with E-state index in [0.29, 0.717) is 6.07 Å². The summed E-state index contributed by atoms with van der Waals surface area (Å²) >= 11 is 5.13. The van der Waals surface area contributed by atoms with Crippen LogP contribution in [-0.4, -0.2) is 11.0 Å². The molecule has 0 aliphatic rings. The maximum atomic E-state index is 13.1. The molecule has 1 rings (SSSR count). The van der Waals surface area contributed by atoms with Gasteiger partial charge in [0.25, 0.3) is 0 Å². The zero-order valence-electron chi connectivity index (χ0n) is 6.83. The van der Waals surface area contributed by atoms with E-state index in [4.69, 9.17) is 11.6 Å². The monoisotopic (exact) mass is 234 g/mol. The summed E-state index contributed by atoms with van der Waals surface area (Å²) in [5, 5.41) is 9.39. The van der Waals surface area contributed by atoms with E-state index >= 15 is 0 Å². The Hall–Kier alpha value is -1.85. The molecule has 0 saturated carbocycles. The second-order valence-corrected chi connectivity index (χ2v) is 2.69. The van der Waals surface area contributed by atoms with Gasteiger partial charge < -0.3 is 0 Å². The lowest BCUT2D eigenvalue weighted by atomic mass is 10.2. The van der Waals surface area contributed by atoms with Crippen LogP contribution in [0.15, 0.2) is 11.1 Å². The Morgan fingerprint density at radius 3 is 2.60 bits per heavy atom. The summed E-state index contributed by atoms with van der Waals surface area (Å²) in [7, 11) is 0. The van der Waals surface area contributed by atoms with Gasteiger partial charge in [-0.05, 0) is 0 Å². The van der Waals surface area contributed by atoms with Crippen molar-refractivity contribution in [2.45, 2.75) is 0 Å². The zero-order valence-corrected chi connectivity index (χ0v) is 7.59. The molecule has 0 amide bonds. The van der Waals surface area contributed by atoms with Crippen molar-refractivity contribution in [2.24, 2.45) is 4.99 Å². The van der Waals surface area contributed by atoms with E-state index in [0.717, 1.165) is 6.08 Å². The Balaban J connectivity index is 3.64. The normalized spacial score (nSPS) is 9.53. The molecule has 15 heavy (non-hydrogen) atoms. The van der Waals surface area contributed by atoms with E-state index in [1.165, 1.54) is 0 Å². The third-order valence-electron chi connectivity index (χ3n) is 1.47. The van der Waals surface area contributed by atoms with Crippen LogP contribution >= 0.6 is 11.6 Å². The highest BCUT2D eigenvalue weighted by Gasteiger charge is 2.24. The molecule has 0 spiro atoms. The summed E-state index contributed by atoms with van der Waals surface area (Å²) < 4.78 is 25.9. The maximum Gasteiger partial charge on any atom is 0.301 e. The fourth-order valence-corrected chi connectivity index (χ4v) is 1.01. The highest BCUT2D eigenvalue weighted by Crippen LogP contribution is 2.36. The fourth-order valence-electron chi connectivity index (χ4n) is 0.864. The number of isocyanates is 1. The Bertz CT molecular complexity index is 486. The average Bonchev–Trinajstić information content (AvgIpc) is 2.18. The van der Waals surface area contributed by atoms with Crippen LogP contribution in [0.25, 0.3) is 0 Å². The first-order valence-electron chi connectivity index (χ1n) is 3.38. The molecule has 0 aromatic heterocycles. The van der Waals surface area contributed by atoms with Gasteiger partial charge in [0, 0.05) is 0 Å². The van der Waals surface area contributed by atoms with E-state index < -0.39 is 33.0 Å². The van der Waals surface area contributed by atoms with E-state index in [-0.39, 0.29) is 0 Å². The van der Waals surface area contributed by atoms with Crippen LogP contribution in [0.3, 0.4) is 0 Å². The number of carbonyl (C=O) groups excluding carboxylic acids is 1. The first-order chi connectivity index (χ1) is 6.99. The van der Waals surface area contributed by atoms with Gasteiger partial charge >= 0.3 is 5.69 Å². The molecule has 0 bridgehead atoms. The van der Waals surface area contributed by atoms with Crippen LogP contribution in [0.2, 0.25) is 5.02 Å². The largest absolute Gasteiger partial charge is 0.301 e. The molecule has 0 N–H and O–H groups in total. The van der Waals surface area contributed by atoms with Crippen molar-refractivity contribution in [2.75, 3.05) is 0 Å². The van der Waals surface area contributed by atoms with Gasteiger partial charge in [-0.15, -0.1) is 0 Å². The second-order valence-electron chi connectivity index (χ2n) is 2.31. The lowest BCUT2D eigenvalue weighted by Crippen LogP contribution is -1.94. The molecule has 0 saturated heterocycles. The van der Waals surface area contributed by atoms with Crippen molar-refractivity contribution in [3.05, 3.63) is 32.8 Å². The molecular formula is C7HClF2N2O3. The highest BCUT2D eigenvalue weighted by atomic mass is 35.5. The zero-order chi connectivity index (χ0) is 11.6. The van der Waals surface area contributed by atoms with E-state index in [1.54, 1.807) is 0 Å². The van der Waals surface area contributed by atoms with Crippen LogP contribution < -0.4 is 0 Å². The number of halogens is 3. The van der Waals surface area contributed by atoms with Crippen molar-refractivity contribution in [1.82, 2.24) is 0 Å². The third kappa shape index (κ3) is 1.98. The van der Waals surface area contributed by atoms with Gasteiger partial charge in [-0.25, -0.2) is 13.6 Å². The summed E-state index contributed by atoms with van der Waals surface area (Å²) in [4.78, 5) is 21.9. The van der Waals surface area contributed by atoms with Gasteiger partial charge in [0.1, 0.15) is 5.02 Å². The number of aliphatic imine (C=N–C) groups is 1. The topological polar surface area (TPSA) is 72.6 Å². The Labute approximate surface area is 86.1 Å². The van der Waals surface area contributed by atoms with Crippen LogP contribution in [0.4, 0.5) is 20.2 Å². The molecule has 0 fully saturated rings. The van der Waals surface area contributed by atoms with Gasteiger partial charge in [0.15, 0.2) is 17.3 Å². The number of nitrogens with zero attached hydrogens (tertiary/aromatic N) is 2. The van der Waals surface area contributed by atoms with Crippen LogP contribution in [-0.2, 0) is 4.79 Å². The van der Waals surface area contributed by atoms with Gasteiger partial charge in [-0.1, -0.05) is 11.6 Å². The van der Waals surface area contributed by atoms with Gasteiger partial charge in [0.05, 0.1) is 11.0 Å². The Morgan fingerprint density at radius 1 is 1.53 bits per heavy atom. The number of benzene rings is 1. The quantitative estimate of drug-likeness (QED) is 0.259. The second kappa shape index (κ2) is 4.12. The molecule has 0 atom stereocenters. The lowest BCUT2D eigenvalue weighted by Gasteiger charge is -2.00. The summed E-state index contributed by atoms with van der Waals surface area (Å²) in [6.07, 6.45) is 0.916. The van der Waals surface area contributed by atoms with Crippen LogP contribution in [0, 0.1) is 21.7 Å². The molecule has 5 nitrogen and oxygen atoms in total. The lowest BCUT2D eigenvalue weighted by molar-refractivity contribution is -0.384. The molecule has 0 aliphatic heterocycles. The van der Waals surface area contributed by atoms with Crippen molar-refractivity contribution >= 4 is 29.1 Å². The highest BCUT2D eigenvalue weighted by molar-refractivity contribution is 6.31. The minimum Gasteiger partial charge on any atom is -0.258 e. The first-order valence-corrected chi connectivity index (χ1v) is 3.76. The molecule has 0 radical (unpaired) electrons. The molecule has 0 aliphatic carbocycles. The SMILES string of the molecule is O=C=Nc1c([N+](=O)[O-])cc(F)c(Cl)c1F. The molecule has 8 heteroatoms. The summed E-state index contributed by atoms with van der Waals surface area (Å²) in [5.74, 6) is -2.77. The van der Waals surface area contributed by atoms with Gasteiger partial charge in [0.2, 0.25) is 6.08 Å². The smallest absolute Gasteiger partial charge is 0.258 e. The van der Waals surface area contributed by atoms with Gasteiger partial charge in [-0.2, -0.15) is 4.99 Å². The number of nitro benzene ring substituents is 1. The summed E-state index contributed by atoms with van der Waals surface area (Å²) in [6, 6.07) is 0.377. The Kier molecular flexibility index (Phi) is 3.08. The van der Waals surface area contributed by atoms with E-state index in [1.807, 2.05) is 0 Å². The standard InChI is InChI=1S/C7HClF2N2O3/c8-5-3(9)1-4(12(14)15)7(6(5)10)11-2-13/h1H. The number of nitro groups is 1. The first kappa shape index (κ1) is 11.2. The molecule has 0 unspecified atom stereocenters. The molecule has 1 aromatic carbocycles. The van der Waals surface area contributed by atoms with Crippen molar-refractivity contribution < 1.29 is 18.5 Å². The molecular weight excluding hydrogens is 234 g/mol. The molecule has 0 heterocycles. The summed E-state index contributed by atoms with van der Waals surface area (Å²) in [6.45, 7) is 0. The fraction of sp³-hybridized carbons (Fsp3) is 0. The van der Waals surface area contributed by atoms with Crippen LogP contribution in [0.1, 0.15) is 0 Å². The minimum absolute atomic E-state index is 0.377.